The number of hydrogen-bond acceptors (Lipinski definition) is 4. The third-order valence-electron chi connectivity index (χ3n) is 3.74. The molecule has 2 aromatic rings. The first kappa shape index (κ1) is 14.3. The molecule has 3 heterocycles. The summed E-state index contributed by atoms with van der Waals surface area (Å²) in [5.41, 5.74) is 2.02. The number of rotatable bonds is 3. The van der Waals surface area contributed by atoms with Crippen LogP contribution in [0.2, 0.25) is 0 Å². The van der Waals surface area contributed by atoms with Crippen LogP contribution in [0.5, 0.6) is 0 Å². The van der Waals surface area contributed by atoms with E-state index in [1.165, 1.54) is 0 Å². The number of amides is 2. The SMILES string of the molecule is O=C(NCc1ccccn1)N1CCN(c2ccncc2)CC1. The Bertz CT molecular complexity index is 596. The summed E-state index contributed by atoms with van der Waals surface area (Å²) < 4.78 is 0. The Kier molecular flexibility index (Phi) is 4.48. The van der Waals surface area contributed by atoms with Crippen LogP contribution < -0.4 is 10.2 Å². The number of hydrogen-bond donors (Lipinski definition) is 1. The summed E-state index contributed by atoms with van der Waals surface area (Å²) in [6.07, 6.45) is 5.32. The average Bonchev–Trinajstić information content (AvgIpc) is 2.61. The lowest BCUT2D eigenvalue weighted by atomic mass is 10.3. The molecule has 1 fully saturated rings. The number of anilines is 1. The molecule has 1 saturated heterocycles. The summed E-state index contributed by atoms with van der Waals surface area (Å²) in [5, 5.41) is 2.92. The second kappa shape index (κ2) is 6.89. The van der Waals surface area contributed by atoms with Gasteiger partial charge in [0.05, 0.1) is 12.2 Å². The van der Waals surface area contributed by atoms with Crippen molar-refractivity contribution < 1.29 is 4.79 Å². The van der Waals surface area contributed by atoms with Crippen LogP contribution in [0.1, 0.15) is 5.69 Å². The molecule has 0 saturated carbocycles. The van der Waals surface area contributed by atoms with Crippen LogP contribution in [-0.4, -0.2) is 47.1 Å². The summed E-state index contributed by atoms with van der Waals surface area (Å²) in [4.78, 5) is 24.5. The predicted molar refractivity (Wildman–Crippen MR) is 84.5 cm³/mol. The van der Waals surface area contributed by atoms with Gasteiger partial charge in [0.15, 0.2) is 0 Å². The highest BCUT2D eigenvalue weighted by Crippen LogP contribution is 2.14. The van der Waals surface area contributed by atoms with Gasteiger partial charge in [0.2, 0.25) is 0 Å². The lowest BCUT2D eigenvalue weighted by Crippen LogP contribution is -2.51. The van der Waals surface area contributed by atoms with Crippen LogP contribution in [0.25, 0.3) is 0 Å². The Labute approximate surface area is 129 Å². The van der Waals surface area contributed by atoms with Gasteiger partial charge in [-0.1, -0.05) is 6.07 Å². The van der Waals surface area contributed by atoms with Gasteiger partial charge >= 0.3 is 6.03 Å². The molecule has 0 radical (unpaired) electrons. The van der Waals surface area contributed by atoms with Crippen molar-refractivity contribution >= 4 is 11.7 Å². The van der Waals surface area contributed by atoms with E-state index in [2.05, 4.69) is 20.2 Å². The number of carbonyl (C=O) groups excluding carboxylic acids is 1. The van der Waals surface area contributed by atoms with E-state index in [0.717, 1.165) is 37.6 Å². The zero-order valence-corrected chi connectivity index (χ0v) is 12.4. The fourth-order valence-corrected chi connectivity index (χ4v) is 2.50. The normalized spacial score (nSPS) is 14.7. The number of piperazine rings is 1. The summed E-state index contributed by atoms with van der Waals surface area (Å²) in [6.45, 7) is 3.57. The van der Waals surface area contributed by atoms with Gasteiger partial charge in [-0.25, -0.2) is 4.79 Å². The highest BCUT2D eigenvalue weighted by molar-refractivity contribution is 5.74. The van der Waals surface area contributed by atoms with E-state index in [0.29, 0.717) is 6.54 Å². The molecular formula is C16H19N5O. The first-order valence-electron chi connectivity index (χ1n) is 7.40. The molecule has 3 rings (SSSR count). The molecular weight excluding hydrogens is 278 g/mol. The standard InChI is InChI=1S/C16H19N5O/c22-16(19-13-14-3-1-2-6-18-14)21-11-9-20(10-12-21)15-4-7-17-8-5-15/h1-8H,9-13H2,(H,19,22). The zero-order valence-electron chi connectivity index (χ0n) is 12.4. The minimum absolute atomic E-state index is 0.0277. The molecule has 6 nitrogen and oxygen atoms in total. The molecule has 114 valence electrons. The Morgan fingerprint density at radius 1 is 1.05 bits per heavy atom. The van der Waals surface area contributed by atoms with E-state index in [-0.39, 0.29) is 6.03 Å². The third-order valence-corrected chi connectivity index (χ3v) is 3.74. The second-order valence-corrected chi connectivity index (χ2v) is 5.16. The monoisotopic (exact) mass is 297 g/mol. The molecule has 1 aliphatic rings. The number of aromatic nitrogens is 2. The Morgan fingerprint density at radius 2 is 1.82 bits per heavy atom. The molecule has 2 amide bonds. The fourth-order valence-electron chi connectivity index (χ4n) is 2.50. The van der Waals surface area contributed by atoms with Crippen molar-refractivity contribution in [1.82, 2.24) is 20.2 Å². The van der Waals surface area contributed by atoms with Gasteiger partial charge in [-0.15, -0.1) is 0 Å². The van der Waals surface area contributed by atoms with E-state index in [4.69, 9.17) is 0 Å². The maximum atomic E-state index is 12.2. The largest absolute Gasteiger partial charge is 0.368 e. The van der Waals surface area contributed by atoms with Crippen molar-refractivity contribution in [3.05, 3.63) is 54.6 Å². The number of pyridine rings is 2. The molecule has 0 unspecified atom stereocenters. The maximum absolute atomic E-state index is 12.2. The van der Waals surface area contributed by atoms with Crippen LogP contribution in [0, 0.1) is 0 Å². The number of carbonyl (C=O) groups is 1. The highest BCUT2D eigenvalue weighted by Gasteiger charge is 2.20. The predicted octanol–water partition coefficient (Wildman–Crippen LogP) is 1.51. The third kappa shape index (κ3) is 3.52. The molecule has 0 aromatic carbocycles. The number of nitrogens with one attached hydrogen (secondary N) is 1. The van der Waals surface area contributed by atoms with Crippen LogP contribution in [-0.2, 0) is 6.54 Å². The minimum atomic E-state index is -0.0277. The Balaban J connectivity index is 1.48. The lowest BCUT2D eigenvalue weighted by molar-refractivity contribution is 0.194. The Hall–Kier alpha value is -2.63. The van der Waals surface area contributed by atoms with E-state index < -0.39 is 0 Å². The van der Waals surface area contributed by atoms with Crippen molar-refractivity contribution in [3.8, 4) is 0 Å². The van der Waals surface area contributed by atoms with E-state index in [1.54, 1.807) is 18.6 Å². The molecule has 22 heavy (non-hydrogen) atoms. The second-order valence-electron chi connectivity index (χ2n) is 5.16. The van der Waals surface area contributed by atoms with Gasteiger partial charge in [0.25, 0.3) is 0 Å². The van der Waals surface area contributed by atoms with Crippen LogP contribution >= 0.6 is 0 Å². The first-order valence-corrected chi connectivity index (χ1v) is 7.40. The van der Waals surface area contributed by atoms with Crippen molar-refractivity contribution in [2.24, 2.45) is 0 Å². The summed E-state index contributed by atoms with van der Waals surface area (Å²) >= 11 is 0. The van der Waals surface area contributed by atoms with E-state index in [9.17, 15) is 4.79 Å². The average molecular weight is 297 g/mol. The molecule has 0 spiro atoms. The molecule has 1 aliphatic heterocycles. The van der Waals surface area contributed by atoms with Gasteiger partial charge in [0.1, 0.15) is 0 Å². The molecule has 0 bridgehead atoms. The van der Waals surface area contributed by atoms with Gasteiger partial charge < -0.3 is 15.1 Å². The van der Waals surface area contributed by atoms with Crippen molar-refractivity contribution in [2.75, 3.05) is 31.1 Å². The molecule has 6 heteroatoms. The number of urea groups is 1. The van der Waals surface area contributed by atoms with Gasteiger partial charge in [-0.2, -0.15) is 0 Å². The zero-order chi connectivity index (χ0) is 15.2. The van der Waals surface area contributed by atoms with Crippen molar-refractivity contribution in [1.29, 1.82) is 0 Å². The van der Waals surface area contributed by atoms with Crippen LogP contribution in [0.4, 0.5) is 10.5 Å². The molecule has 1 N–H and O–H groups in total. The first-order chi connectivity index (χ1) is 10.8. The molecule has 0 aliphatic carbocycles. The maximum Gasteiger partial charge on any atom is 0.317 e. The smallest absolute Gasteiger partial charge is 0.317 e. The Morgan fingerprint density at radius 3 is 2.50 bits per heavy atom. The van der Waals surface area contributed by atoms with Gasteiger partial charge in [0, 0.05) is 50.5 Å². The van der Waals surface area contributed by atoms with Crippen LogP contribution in [0.15, 0.2) is 48.9 Å². The lowest BCUT2D eigenvalue weighted by Gasteiger charge is -2.36. The summed E-state index contributed by atoms with van der Waals surface area (Å²) in [7, 11) is 0. The topological polar surface area (TPSA) is 61.4 Å². The van der Waals surface area contributed by atoms with E-state index in [1.807, 2.05) is 35.2 Å². The summed E-state index contributed by atoms with van der Waals surface area (Å²) in [6, 6.07) is 9.65. The molecule has 0 atom stereocenters. The molecule has 2 aromatic heterocycles. The van der Waals surface area contributed by atoms with Gasteiger partial charge in [-0.05, 0) is 24.3 Å². The number of nitrogens with zero attached hydrogens (tertiary/aromatic N) is 4. The van der Waals surface area contributed by atoms with Crippen molar-refractivity contribution in [3.63, 3.8) is 0 Å². The summed E-state index contributed by atoms with van der Waals surface area (Å²) in [5.74, 6) is 0. The van der Waals surface area contributed by atoms with Crippen molar-refractivity contribution in [2.45, 2.75) is 6.54 Å². The quantitative estimate of drug-likeness (QED) is 0.933. The van der Waals surface area contributed by atoms with E-state index >= 15 is 0 Å². The minimum Gasteiger partial charge on any atom is -0.368 e. The van der Waals surface area contributed by atoms with Gasteiger partial charge in [-0.3, -0.25) is 9.97 Å². The fraction of sp³-hybridized carbons (Fsp3) is 0.312. The van der Waals surface area contributed by atoms with Crippen LogP contribution in [0.3, 0.4) is 0 Å². The highest BCUT2D eigenvalue weighted by atomic mass is 16.2.